The van der Waals surface area contributed by atoms with Crippen molar-refractivity contribution in [2.24, 2.45) is 0 Å². The van der Waals surface area contributed by atoms with Gasteiger partial charge in [-0.1, -0.05) is 48.0 Å². The van der Waals surface area contributed by atoms with Crippen molar-refractivity contribution in [1.29, 1.82) is 0 Å². The topological polar surface area (TPSA) is 109 Å². The van der Waals surface area contributed by atoms with Crippen molar-refractivity contribution in [3.8, 4) is 0 Å². The van der Waals surface area contributed by atoms with Gasteiger partial charge in [0.25, 0.3) is 5.91 Å². The van der Waals surface area contributed by atoms with Crippen LogP contribution in [0.15, 0.2) is 59.5 Å². The van der Waals surface area contributed by atoms with Gasteiger partial charge in [0.15, 0.2) is 15.1 Å². The van der Waals surface area contributed by atoms with Gasteiger partial charge in [-0.15, -0.1) is 0 Å². The smallest absolute Gasteiger partial charge is 0.272 e. The molecule has 7 nitrogen and oxygen atoms in total. The van der Waals surface area contributed by atoms with E-state index in [1.165, 1.54) is 24.3 Å². The number of amides is 1. The molecule has 2 aromatic rings. The Hall–Kier alpha value is -2.23. The van der Waals surface area contributed by atoms with Gasteiger partial charge in [0.05, 0.1) is 4.90 Å². The van der Waals surface area contributed by atoms with Crippen LogP contribution in [0.3, 0.4) is 0 Å². The molecule has 1 N–H and O–H groups in total. The average molecular weight is 381 g/mol. The number of carbonyl (C=O) groups excluding carboxylic acids is 1. The molecule has 1 heterocycles. The molecular weight excluding hydrogens is 366 g/mol. The van der Waals surface area contributed by atoms with Crippen molar-refractivity contribution >= 4 is 26.0 Å². The number of β-lactam (4-membered cyclic amide) rings is 1. The number of rotatable bonds is 4. The summed E-state index contributed by atoms with van der Waals surface area (Å²) in [6.45, 7) is 1.79. The van der Waals surface area contributed by atoms with E-state index in [4.69, 9.17) is 0 Å². The summed E-state index contributed by atoms with van der Waals surface area (Å²) in [7, 11) is -9.00. The number of hydrogen-bond donors (Lipinski definition) is 1. The quantitative estimate of drug-likeness (QED) is 0.635. The molecule has 0 radical (unpaired) electrons. The van der Waals surface area contributed by atoms with Crippen molar-refractivity contribution in [3.05, 3.63) is 65.7 Å². The Morgan fingerprint density at radius 1 is 0.920 bits per heavy atom. The summed E-state index contributed by atoms with van der Waals surface area (Å²) < 4.78 is 58.3. The van der Waals surface area contributed by atoms with Gasteiger partial charge in [-0.2, -0.15) is 8.42 Å². The number of carbonyl (C=O) groups is 1. The number of nitrogens with zero attached hydrogens (tertiary/aromatic N) is 1. The molecule has 3 rings (SSSR count). The van der Waals surface area contributed by atoms with E-state index in [9.17, 15) is 26.2 Å². The third-order valence-corrected chi connectivity index (χ3v) is 7.03. The zero-order chi connectivity index (χ0) is 18.4. The maximum Gasteiger partial charge on any atom is 0.362 e. The van der Waals surface area contributed by atoms with Gasteiger partial charge in [0, 0.05) is 0 Å². The first kappa shape index (κ1) is 17.6. The fourth-order valence-corrected chi connectivity index (χ4v) is 5.65. The molecule has 132 valence electrons. The van der Waals surface area contributed by atoms with Crippen LogP contribution >= 0.6 is 0 Å². The minimum absolute atomic E-state index is 0.0765. The molecule has 2 aromatic carbocycles. The normalized spacial score (nSPS) is 21.0. The Bertz CT molecular complexity index is 1010. The average Bonchev–Trinajstić information content (AvgIpc) is 2.52. The minimum Gasteiger partial charge on any atom is -0.272 e. The molecular formula is C16H15NO6S2. The lowest BCUT2D eigenvalue weighted by Gasteiger charge is -2.43. The van der Waals surface area contributed by atoms with Crippen LogP contribution in [0.1, 0.15) is 17.2 Å². The molecule has 25 heavy (non-hydrogen) atoms. The molecule has 0 aromatic heterocycles. The van der Waals surface area contributed by atoms with Crippen LogP contribution in [0.5, 0.6) is 0 Å². The van der Waals surface area contributed by atoms with E-state index in [1.807, 2.05) is 0 Å². The van der Waals surface area contributed by atoms with Gasteiger partial charge in [0.1, 0.15) is 6.04 Å². The molecule has 1 fully saturated rings. The van der Waals surface area contributed by atoms with Gasteiger partial charge in [-0.3, -0.25) is 9.35 Å². The van der Waals surface area contributed by atoms with Gasteiger partial charge >= 0.3 is 10.3 Å². The maximum atomic E-state index is 12.9. The van der Waals surface area contributed by atoms with Crippen LogP contribution in [-0.4, -0.2) is 36.9 Å². The minimum atomic E-state index is -4.88. The van der Waals surface area contributed by atoms with Gasteiger partial charge in [-0.05, 0) is 24.6 Å². The second-order valence-corrected chi connectivity index (χ2v) is 9.10. The Morgan fingerprint density at radius 3 is 2.00 bits per heavy atom. The molecule has 1 saturated heterocycles. The predicted molar refractivity (Wildman–Crippen MR) is 89.7 cm³/mol. The van der Waals surface area contributed by atoms with Crippen molar-refractivity contribution in [2.75, 3.05) is 0 Å². The fraction of sp³-hybridized carbons (Fsp3) is 0.188. The molecule has 1 amide bonds. The summed E-state index contributed by atoms with van der Waals surface area (Å²) >= 11 is 0. The first-order chi connectivity index (χ1) is 11.6. The number of benzene rings is 2. The lowest BCUT2D eigenvalue weighted by Crippen LogP contribution is -2.63. The Morgan fingerprint density at radius 2 is 1.48 bits per heavy atom. The monoisotopic (exact) mass is 381 g/mol. The van der Waals surface area contributed by atoms with Gasteiger partial charge in [-0.25, -0.2) is 12.7 Å². The van der Waals surface area contributed by atoms with Crippen LogP contribution in [0.2, 0.25) is 0 Å². The second kappa shape index (κ2) is 5.94. The van der Waals surface area contributed by atoms with Crippen LogP contribution < -0.4 is 0 Å². The van der Waals surface area contributed by atoms with Gasteiger partial charge < -0.3 is 0 Å². The highest BCUT2D eigenvalue weighted by molar-refractivity contribution is 7.93. The third kappa shape index (κ3) is 2.94. The Balaban J connectivity index is 2.11. The molecule has 1 aliphatic rings. The first-order valence-electron chi connectivity index (χ1n) is 7.30. The molecule has 0 bridgehead atoms. The molecule has 0 aliphatic carbocycles. The number of sulfone groups is 1. The molecule has 0 spiro atoms. The summed E-state index contributed by atoms with van der Waals surface area (Å²) in [4.78, 5) is 12.2. The van der Waals surface area contributed by atoms with Crippen molar-refractivity contribution in [2.45, 2.75) is 23.1 Å². The summed E-state index contributed by atoms with van der Waals surface area (Å²) in [5.41, 5.74) is 1.15. The SMILES string of the molecule is Cc1ccc(S(=O)(=O)[C@H]2C(=O)N(S(=O)(=O)O)[C@@H]2c2ccccc2)cc1. The molecule has 1 aliphatic heterocycles. The third-order valence-electron chi connectivity index (χ3n) is 4.07. The van der Waals surface area contributed by atoms with Gasteiger partial charge in [0.2, 0.25) is 0 Å². The molecule has 2 atom stereocenters. The lowest BCUT2D eigenvalue weighted by atomic mass is 9.96. The van der Waals surface area contributed by atoms with E-state index in [2.05, 4.69) is 0 Å². The van der Waals surface area contributed by atoms with E-state index in [1.54, 1.807) is 37.3 Å². The standard InChI is InChI=1S/C16H15NO6S2/c1-11-7-9-13(10-8-11)24(19,20)15-14(12-5-3-2-4-6-12)17(16(15)18)25(21,22)23/h2-10,14-15H,1H3,(H,21,22,23)/t14-,15-/m1/s1. The van der Waals surface area contributed by atoms with Crippen LogP contribution in [0.4, 0.5) is 0 Å². The van der Waals surface area contributed by atoms with E-state index in [0.29, 0.717) is 5.56 Å². The Labute approximate surface area is 145 Å². The molecule has 0 saturated carbocycles. The number of hydrogen-bond acceptors (Lipinski definition) is 5. The van der Waals surface area contributed by atoms with E-state index in [0.717, 1.165) is 5.56 Å². The van der Waals surface area contributed by atoms with Crippen molar-refractivity contribution in [1.82, 2.24) is 4.31 Å². The predicted octanol–water partition coefficient (Wildman–Crippen LogP) is 1.52. The summed E-state index contributed by atoms with van der Waals surface area (Å²) in [6, 6.07) is 12.5. The Kier molecular flexibility index (Phi) is 4.18. The first-order valence-corrected chi connectivity index (χ1v) is 10.2. The van der Waals surface area contributed by atoms with Crippen LogP contribution in [0.25, 0.3) is 0 Å². The molecule has 9 heteroatoms. The second-order valence-electron chi connectivity index (χ2n) is 5.75. The zero-order valence-corrected chi connectivity index (χ0v) is 14.7. The van der Waals surface area contributed by atoms with E-state index >= 15 is 0 Å². The lowest BCUT2D eigenvalue weighted by molar-refractivity contribution is -0.137. The summed E-state index contributed by atoms with van der Waals surface area (Å²) in [6.07, 6.45) is 0. The van der Waals surface area contributed by atoms with Crippen molar-refractivity contribution < 1.29 is 26.2 Å². The molecule has 0 unspecified atom stereocenters. The van der Waals surface area contributed by atoms with Crippen LogP contribution in [-0.2, 0) is 24.9 Å². The highest BCUT2D eigenvalue weighted by Gasteiger charge is 2.60. The summed E-state index contributed by atoms with van der Waals surface area (Å²) in [5.74, 6) is -1.17. The summed E-state index contributed by atoms with van der Waals surface area (Å²) in [5, 5.41) is -1.61. The van der Waals surface area contributed by atoms with E-state index in [-0.39, 0.29) is 9.20 Å². The van der Waals surface area contributed by atoms with Crippen LogP contribution in [0, 0.1) is 6.92 Å². The fourth-order valence-electron chi connectivity index (χ4n) is 2.83. The highest BCUT2D eigenvalue weighted by Crippen LogP contribution is 2.43. The highest BCUT2D eigenvalue weighted by atomic mass is 32.2. The van der Waals surface area contributed by atoms with E-state index < -0.39 is 37.3 Å². The van der Waals surface area contributed by atoms with Crippen molar-refractivity contribution in [3.63, 3.8) is 0 Å². The largest absolute Gasteiger partial charge is 0.362 e. The number of aryl methyl sites for hydroxylation is 1. The maximum absolute atomic E-state index is 12.9. The zero-order valence-electron chi connectivity index (χ0n) is 13.1.